The maximum atomic E-state index is 14.4. The topological polar surface area (TPSA) is 96.6 Å². The standard InChI is InChI=1S/C20H23F3N4O4S/c1-32(29,30)15-3-2-12(16(21)11-15)10-13-4-9-27(19(13)28)14-5-7-26(8-6-14)20-24-18(17(22)23)31-25-20/h2-3,11,13-14,17H,4-10H2,1H3/t13-/m1/s1. The third-order valence-corrected chi connectivity index (χ3v) is 7.19. The first-order valence-corrected chi connectivity index (χ1v) is 12.2. The van der Waals surface area contributed by atoms with Gasteiger partial charge in [0.25, 0.3) is 11.8 Å². The summed E-state index contributed by atoms with van der Waals surface area (Å²) in [5.41, 5.74) is 0.319. The van der Waals surface area contributed by atoms with Crippen molar-refractivity contribution in [1.29, 1.82) is 0 Å². The van der Waals surface area contributed by atoms with Crippen LogP contribution in [0.5, 0.6) is 0 Å². The van der Waals surface area contributed by atoms with Gasteiger partial charge in [-0.05, 0) is 48.5 Å². The van der Waals surface area contributed by atoms with E-state index in [0.717, 1.165) is 12.3 Å². The third-order valence-electron chi connectivity index (χ3n) is 6.08. The zero-order valence-electron chi connectivity index (χ0n) is 17.4. The number of aromatic nitrogens is 2. The highest BCUT2D eigenvalue weighted by molar-refractivity contribution is 7.90. The molecule has 32 heavy (non-hydrogen) atoms. The number of benzene rings is 1. The molecule has 1 aromatic heterocycles. The number of sulfone groups is 1. The SMILES string of the molecule is CS(=O)(=O)c1ccc(C[C@H]2CCN(C3CCN(c4noc(C(F)F)n4)CC3)C2=O)c(F)c1. The Morgan fingerprint density at radius 1 is 1.19 bits per heavy atom. The Morgan fingerprint density at radius 3 is 2.50 bits per heavy atom. The average Bonchev–Trinajstić information content (AvgIpc) is 3.37. The van der Waals surface area contributed by atoms with Crippen LogP contribution in [0.4, 0.5) is 19.1 Å². The molecule has 0 bridgehead atoms. The number of rotatable bonds is 6. The van der Waals surface area contributed by atoms with Gasteiger partial charge in [-0.3, -0.25) is 4.79 Å². The summed E-state index contributed by atoms with van der Waals surface area (Å²) in [4.78, 5) is 20.1. The number of hydrogen-bond donors (Lipinski definition) is 0. The number of likely N-dealkylation sites (tertiary alicyclic amines) is 1. The number of anilines is 1. The highest BCUT2D eigenvalue weighted by atomic mass is 32.2. The quantitative estimate of drug-likeness (QED) is 0.638. The maximum absolute atomic E-state index is 14.4. The molecule has 2 aromatic rings. The number of carbonyl (C=O) groups excluding carboxylic acids is 1. The molecule has 12 heteroatoms. The Morgan fingerprint density at radius 2 is 1.91 bits per heavy atom. The van der Waals surface area contributed by atoms with Crippen molar-refractivity contribution in [1.82, 2.24) is 15.0 Å². The number of hydrogen-bond acceptors (Lipinski definition) is 7. The Labute approximate surface area is 183 Å². The third kappa shape index (κ3) is 4.59. The molecule has 0 radical (unpaired) electrons. The molecule has 1 aromatic carbocycles. The number of piperidine rings is 1. The molecular weight excluding hydrogens is 449 g/mol. The van der Waals surface area contributed by atoms with Gasteiger partial charge in [0.15, 0.2) is 9.84 Å². The summed E-state index contributed by atoms with van der Waals surface area (Å²) in [5, 5.41) is 3.59. The van der Waals surface area contributed by atoms with Crippen molar-refractivity contribution < 1.29 is 30.9 Å². The largest absolute Gasteiger partial charge is 0.339 e. The molecule has 2 aliphatic heterocycles. The zero-order valence-corrected chi connectivity index (χ0v) is 18.2. The first kappa shape index (κ1) is 22.6. The van der Waals surface area contributed by atoms with Gasteiger partial charge in [-0.2, -0.15) is 13.8 Å². The maximum Gasteiger partial charge on any atom is 0.316 e. The summed E-state index contributed by atoms with van der Waals surface area (Å²) in [5.74, 6) is -1.63. The van der Waals surface area contributed by atoms with Gasteiger partial charge in [0.1, 0.15) is 5.82 Å². The summed E-state index contributed by atoms with van der Waals surface area (Å²) in [6, 6.07) is 3.79. The minimum absolute atomic E-state index is 0.00248. The fourth-order valence-corrected chi connectivity index (χ4v) is 4.96. The van der Waals surface area contributed by atoms with Crippen LogP contribution in [0.1, 0.15) is 37.1 Å². The van der Waals surface area contributed by atoms with Crippen molar-refractivity contribution in [2.75, 3.05) is 30.8 Å². The molecule has 0 unspecified atom stereocenters. The van der Waals surface area contributed by atoms with E-state index in [4.69, 9.17) is 0 Å². The molecule has 0 saturated carbocycles. The van der Waals surface area contributed by atoms with Crippen molar-refractivity contribution in [2.45, 2.75) is 43.0 Å². The van der Waals surface area contributed by atoms with Crippen molar-refractivity contribution >= 4 is 21.7 Å². The predicted octanol–water partition coefficient (Wildman–Crippen LogP) is 2.61. The van der Waals surface area contributed by atoms with Gasteiger partial charge in [0.2, 0.25) is 5.91 Å². The monoisotopic (exact) mass is 472 g/mol. The smallest absolute Gasteiger partial charge is 0.316 e. The Bertz CT molecular complexity index is 1100. The van der Waals surface area contributed by atoms with E-state index in [1.807, 2.05) is 4.90 Å². The second-order valence-corrected chi connectivity index (χ2v) is 10.2. The summed E-state index contributed by atoms with van der Waals surface area (Å²) in [6.07, 6.45) is 0.267. The molecule has 2 saturated heterocycles. The van der Waals surface area contributed by atoms with Gasteiger partial charge < -0.3 is 14.3 Å². The van der Waals surface area contributed by atoms with E-state index in [1.54, 1.807) is 4.90 Å². The Kier molecular flexibility index (Phi) is 6.15. The minimum atomic E-state index is -3.50. The van der Waals surface area contributed by atoms with Gasteiger partial charge in [-0.1, -0.05) is 6.07 Å². The van der Waals surface area contributed by atoms with Gasteiger partial charge in [0, 0.05) is 37.8 Å². The molecule has 1 atom stereocenters. The molecule has 8 nitrogen and oxygen atoms in total. The van der Waals surface area contributed by atoms with Crippen LogP contribution in [-0.4, -0.2) is 61.3 Å². The molecule has 2 aliphatic rings. The first-order valence-electron chi connectivity index (χ1n) is 10.3. The van der Waals surface area contributed by atoms with Crippen LogP contribution >= 0.6 is 0 Å². The molecule has 2 fully saturated rings. The van der Waals surface area contributed by atoms with Crippen LogP contribution in [0.2, 0.25) is 0 Å². The summed E-state index contributed by atoms with van der Waals surface area (Å²) < 4.78 is 67.4. The van der Waals surface area contributed by atoms with Crippen molar-refractivity contribution in [2.24, 2.45) is 5.92 Å². The van der Waals surface area contributed by atoms with Gasteiger partial charge in [0.05, 0.1) is 4.90 Å². The lowest BCUT2D eigenvalue weighted by molar-refractivity contribution is -0.133. The van der Waals surface area contributed by atoms with E-state index >= 15 is 0 Å². The van der Waals surface area contributed by atoms with Crippen molar-refractivity contribution in [3.63, 3.8) is 0 Å². The molecule has 1 amide bonds. The number of carbonyl (C=O) groups is 1. The zero-order chi connectivity index (χ0) is 23.0. The lowest BCUT2D eigenvalue weighted by Gasteiger charge is -2.36. The molecule has 3 heterocycles. The molecule has 0 aliphatic carbocycles. The molecule has 0 spiro atoms. The first-order chi connectivity index (χ1) is 15.1. The predicted molar refractivity (Wildman–Crippen MR) is 108 cm³/mol. The number of amides is 1. The van der Waals surface area contributed by atoms with Crippen LogP contribution < -0.4 is 4.90 Å². The summed E-state index contributed by atoms with van der Waals surface area (Å²) in [6.45, 7) is 1.57. The highest BCUT2D eigenvalue weighted by Crippen LogP contribution is 2.30. The van der Waals surface area contributed by atoms with Crippen molar-refractivity contribution in [3.8, 4) is 0 Å². The summed E-state index contributed by atoms with van der Waals surface area (Å²) >= 11 is 0. The number of halogens is 3. The second-order valence-electron chi connectivity index (χ2n) is 8.20. The number of alkyl halides is 2. The second kappa shape index (κ2) is 8.72. The van der Waals surface area contributed by atoms with Gasteiger partial charge in [-0.15, -0.1) is 0 Å². The summed E-state index contributed by atoms with van der Waals surface area (Å²) in [7, 11) is -3.50. The van der Waals surface area contributed by atoms with Crippen LogP contribution in [0.3, 0.4) is 0 Å². The fraction of sp³-hybridized carbons (Fsp3) is 0.550. The Hall–Kier alpha value is -2.63. The molecule has 4 rings (SSSR count). The van der Waals surface area contributed by atoms with E-state index in [2.05, 4.69) is 14.7 Å². The van der Waals surface area contributed by atoms with E-state index in [-0.39, 0.29) is 35.1 Å². The van der Waals surface area contributed by atoms with Gasteiger partial charge >= 0.3 is 6.43 Å². The highest BCUT2D eigenvalue weighted by Gasteiger charge is 2.38. The Balaban J connectivity index is 1.35. The normalized spacial score (nSPS) is 20.5. The van der Waals surface area contributed by atoms with E-state index < -0.39 is 28.0 Å². The van der Waals surface area contributed by atoms with Crippen LogP contribution in [0, 0.1) is 11.7 Å². The van der Waals surface area contributed by atoms with E-state index in [9.17, 15) is 26.4 Å². The molecule has 174 valence electrons. The lowest BCUT2D eigenvalue weighted by atomic mass is 9.97. The van der Waals surface area contributed by atoms with Gasteiger partial charge in [-0.25, -0.2) is 12.8 Å². The number of nitrogens with zero attached hydrogens (tertiary/aromatic N) is 4. The van der Waals surface area contributed by atoms with Crippen LogP contribution in [-0.2, 0) is 21.1 Å². The molecule has 0 N–H and O–H groups in total. The van der Waals surface area contributed by atoms with Crippen LogP contribution in [0.25, 0.3) is 0 Å². The van der Waals surface area contributed by atoms with Crippen molar-refractivity contribution in [3.05, 3.63) is 35.5 Å². The molecular formula is C20H23F3N4O4S. The fourth-order valence-electron chi connectivity index (χ4n) is 4.33. The lowest BCUT2D eigenvalue weighted by Crippen LogP contribution is -2.46. The van der Waals surface area contributed by atoms with E-state index in [1.165, 1.54) is 12.1 Å². The van der Waals surface area contributed by atoms with E-state index in [0.29, 0.717) is 44.5 Å². The average molecular weight is 472 g/mol. The minimum Gasteiger partial charge on any atom is -0.339 e. The van der Waals surface area contributed by atoms with Crippen LogP contribution in [0.15, 0.2) is 27.6 Å².